The lowest BCUT2D eigenvalue weighted by Crippen LogP contribution is -2.35. The minimum atomic E-state index is -0.498. The number of aromatic nitrogens is 5. The van der Waals surface area contributed by atoms with E-state index in [9.17, 15) is 4.79 Å². The van der Waals surface area contributed by atoms with Crippen LogP contribution in [0.15, 0.2) is 60.9 Å². The topological polar surface area (TPSA) is 76.8 Å². The largest absolute Gasteiger partial charge is 0.337 e. The van der Waals surface area contributed by atoms with Gasteiger partial charge < -0.3 is 4.90 Å². The highest BCUT2D eigenvalue weighted by Crippen LogP contribution is 2.23. The molecule has 2 aromatic heterocycles. The van der Waals surface area contributed by atoms with Crippen molar-refractivity contribution in [3.8, 4) is 0 Å². The molecule has 0 aliphatic rings. The highest BCUT2D eigenvalue weighted by Gasteiger charge is 2.26. The summed E-state index contributed by atoms with van der Waals surface area (Å²) in [6.45, 7) is 0.450. The minimum absolute atomic E-state index is 0.0505. The second kappa shape index (κ2) is 7.63. The Balaban J connectivity index is 1.54. The van der Waals surface area contributed by atoms with Crippen LogP contribution in [0, 0.1) is 0 Å². The fraction of sp³-hybridized carbons (Fsp3) is 0.211. The average Bonchev–Trinajstić information content (AvgIpc) is 3.35. The van der Waals surface area contributed by atoms with Gasteiger partial charge in [0.2, 0.25) is 5.91 Å². The van der Waals surface area contributed by atoms with E-state index in [-0.39, 0.29) is 5.91 Å². The third kappa shape index (κ3) is 3.85. The molecule has 2 heterocycles. The summed E-state index contributed by atoms with van der Waals surface area (Å²) in [5, 5.41) is 12.2. The summed E-state index contributed by atoms with van der Waals surface area (Å²) in [5.41, 5.74) is 2.01. The van der Waals surface area contributed by atoms with Gasteiger partial charge in [0.05, 0.1) is 16.8 Å². The second-order valence-electron chi connectivity index (χ2n) is 6.26. The number of fused-ring (bicyclic) bond motifs is 1. The molecule has 1 unspecified atom stereocenters. The molecular weight excluding hydrogens is 360 g/mol. The SMILES string of the molecule is CN(Cc1nc2ccccc2s1)C(=O)C(Cc1ccccc1)n1cnnn1. The molecule has 7 nitrogen and oxygen atoms in total. The average molecular weight is 378 g/mol. The monoisotopic (exact) mass is 378 g/mol. The number of hydrogen-bond acceptors (Lipinski definition) is 6. The van der Waals surface area contributed by atoms with Crippen molar-refractivity contribution in [2.24, 2.45) is 0 Å². The van der Waals surface area contributed by atoms with E-state index in [4.69, 9.17) is 0 Å². The zero-order valence-corrected chi connectivity index (χ0v) is 15.6. The molecule has 136 valence electrons. The Morgan fingerprint density at radius 3 is 2.67 bits per heavy atom. The molecule has 2 aromatic carbocycles. The Bertz CT molecular complexity index is 998. The first-order valence-corrected chi connectivity index (χ1v) is 9.38. The maximum Gasteiger partial charge on any atom is 0.248 e. The summed E-state index contributed by atoms with van der Waals surface area (Å²) in [7, 11) is 1.79. The van der Waals surface area contributed by atoms with E-state index in [0.717, 1.165) is 20.8 Å². The molecule has 1 amide bonds. The van der Waals surface area contributed by atoms with Crippen LogP contribution in [0.4, 0.5) is 0 Å². The zero-order valence-electron chi connectivity index (χ0n) is 14.8. The van der Waals surface area contributed by atoms with Gasteiger partial charge in [0.1, 0.15) is 17.4 Å². The van der Waals surface area contributed by atoms with Crippen LogP contribution in [0.1, 0.15) is 16.6 Å². The van der Waals surface area contributed by atoms with Crippen LogP contribution in [0.3, 0.4) is 0 Å². The smallest absolute Gasteiger partial charge is 0.248 e. The summed E-state index contributed by atoms with van der Waals surface area (Å²) >= 11 is 1.60. The van der Waals surface area contributed by atoms with E-state index in [1.54, 1.807) is 23.3 Å². The summed E-state index contributed by atoms with van der Waals surface area (Å²) < 4.78 is 2.64. The Morgan fingerprint density at radius 2 is 1.93 bits per heavy atom. The number of likely N-dealkylation sites (N-methyl/N-ethyl adjacent to an activating group) is 1. The molecule has 0 radical (unpaired) electrons. The molecule has 8 heteroatoms. The maximum atomic E-state index is 13.2. The number of amides is 1. The standard InChI is InChI=1S/C19H18N6OS/c1-24(12-18-21-15-9-5-6-10-17(15)27-18)19(26)16(25-13-20-22-23-25)11-14-7-3-2-4-8-14/h2-10,13,16H,11-12H2,1H3. The zero-order chi connectivity index (χ0) is 18.6. The van der Waals surface area contributed by atoms with Gasteiger partial charge >= 0.3 is 0 Å². The van der Waals surface area contributed by atoms with E-state index >= 15 is 0 Å². The summed E-state index contributed by atoms with van der Waals surface area (Å²) in [6.07, 6.45) is 2.01. The molecule has 0 aliphatic carbocycles. The molecule has 27 heavy (non-hydrogen) atoms. The third-order valence-electron chi connectivity index (χ3n) is 4.33. The van der Waals surface area contributed by atoms with Crippen LogP contribution in [0.2, 0.25) is 0 Å². The van der Waals surface area contributed by atoms with Crippen molar-refractivity contribution in [3.05, 3.63) is 71.5 Å². The van der Waals surface area contributed by atoms with Gasteiger partial charge in [0.15, 0.2) is 0 Å². The Labute approximate surface area is 160 Å². The van der Waals surface area contributed by atoms with Crippen LogP contribution in [-0.4, -0.2) is 43.0 Å². The number of para-hydroxylation sites is 1. The van der Waals surface area contributed by atoms with Crippen molar-refractivity contribution in [2.75, 3.05) is 7.05 Å². The highest BCUT2D eigenvalue weighted by atomic mass is 32.1. The molecular formula is C19H18N6OS. The lowest BCUT2D eigenvalue weighted by atomic mass is 10.1. The molecule has 0 fully saturated rings. The van der Waals surface area contributed by atoms with Gasteiger partial charge in [-0.2, -0.15) is 0 Å². The van der Waals surface area contributed by atoms with Crippen LogP contribution in [-0.2, 0) is 17.8 Å². The first-order valence-electron chi connectivity index (χ1n) is 8.56. The molecule has 0 spiro atoms. The number of hydrogen-bond donors (Lipinski definition) is 0. The van der Waals surface area contributed by atoms with E-state index < -0.39 is 6.04 Å². The Hall–Kier alpha value is -3.13. The van der Waals surface area contributed by atoms with E-state index in [1.165, 1.54) is 11.0 Å². The first-order chi connectivity index (χ1) is 13.2. The predicted octanol–water partition coefficient (Wildman–Crippen LogP) is 2.73. The number of carbonyl (C=O) groups is 1. The second-order valence-corrected chi connectivity index (χ2v) is 7.38. The van der Waals surface area contributed by atoms with E-state index in [1.807, 2.05) is 54.6 Å². The molecule has 0 saturated carbocycles. The molecule has 0 N–H and O–H groups in total. The third-order valence-corrected chi connectivity index (χ3v) is 5.35. The van der Waals surface area contributed by atoms with Crippen molar-refractivity contribution in [2.45, 2.75) is 19.0 Å². The first kappa shape index (κ1) is 17.3. The van der Waals surface area contributed by atoms with Crippen molar-refractivity contribution < 1.29 is 4.79 Å². The predicted molar refractivity (Wildman–Crippen MR) is 103 cm³/mol. The van der Waals surface area contributed by atoms with E-state index in [0.29, 0.717) is 13.0 Å². The van der Waals surface area contributed by atoms with Crippen LogP contribution in [0.5, 0.6) is 0 Å². The quantitative estimate of drug-likeness (QED) is 0.516. The molecule has 0 bridgehead atoms. The van der Waals surface area contributed by atoms with Gasteiger partial charge in [-0.1, -0.05) is 42.5 Å². The van der Waals surface area contributed by atoms with Gasteiger partial charge in [-0.25, -0.2) is 9.67 Å². The van der Waals surface area contributed by atoms with Crippen molar-refractivity contribution >= 4 is 27.5 Å². The highest BCUT2D eigenvalue weighted by molar-refractivity contribution is 7.18. The van der Waals surface area contributed by atoms with Gasteiger partial charge in [-0.15, -0.1) is 16.4 Å². The van der Waals surface area contributed by atoms with Crippen LogP contribution >= 0.6 is 11.3 Å². The van der Waals surface area contributed by atoms with Crippen molar-refractivity contribution in [1.82, 2.24) is 30.1 Å². The summed E-state index contributed by atoms with van der Waals surface area (Å²) in [5.74, 6) is -0.0505. The molecule has 1 atom stereocenters. The lowest BCUT2D eigenvalue weighted by molar-refractivity contribution is -0.134. The van der Waals surface area contributed by atoms with Gasteiger partial charge in [-0.3, -0.25) is 4.79 Å². The molecule has 0 saturated heterocycles. The fourth-order valence-electron chi connectivity index (χ4n) is 2.97. The number of carbonyl (C=O) groups excluding carboxylic acids is 1. The lowest BCUT2D eigenvalue weighted by Gasteiger charge is -2.22. The number of tetrazole rings is 1. The van der Waals surface area contributed by atoms with Crippen molar-refractivity contribution in [3.63, 3.8) is 0 Å². The number of thiazole rings is 1. The van der Waals surface area contributed by atoms with Gasteiger partial charge in [-0.05, 0) is 28.1 Å². The Morgan fingerprint density at radius 1 is 1.15 bits per heavy atom. The van der Waals surface area contributed by atoms with Gasteiger partial charge in [0, 0.05) is 13.5 Å². The maximum absolute atomic E-state index is 13.2. The molecule has 4 rings (SSSR count). The summed E-state index contributed by atoms with van der Waals surface area (Å²) in [6, 6.07) is 17.4. The molecule has 0 aliphatic heterocycles. The number of benzene rings is 2. The number of nitrogens with zero attached hydrogens (tertiary/aromatic N) is 6. The van der Waals surface area contributed by atoms with Crippen molar-refractivity contribution in [1.29, 1.82) is 0 Å². The normalized spacial score (nSPS) is 12.2. The van der Waals surface area contributed by atoms with Crippen LogP contribution in [0.25, 0.3) is 10.2 Å². The van der Waals surface area contributed by atoms with E-state index in [2.05, 4.69) is 20.5 Å². The summed E-state index contributed by atoms with van der Waals surface area (Å²) in [4.78, 5) is 19.5. The number of rotatable bonds is 6. The van der Waals surface area contributed by atoms with Gasteiger partial charge in [0.25, 0.3) is 0 Å². The fourth-order valence-corrected chi connectivity index (χ4v) is 3.99. The van der Waals surface area contributed by atoms with Crippen LogP contribution < -0.4 is 0 Å². The Kier molecular flexibility index (Phi) is 4.88. The minimum Gasteiger partial charge on any atom is -0.337 e. The molecule has 4 aromatic rings.